The summed E-state index contributed by atoms with van der Waals surface area (Å²) in [5, 5.41) is 0. The number of alkyl halides is 3. The fraction of sp³-hybridized carbons (Fsp3) is 0.562. The largest absolute Gasteiger partial charge is 0.493 e. The number of hydrogen-bond acceptors (Lipinski definition) is 3. The third-order valence-electron chi connectivity index (χ3n) is 4.57. The summed E-state index contributed by atoms with van der Waals surface area (Å²) in [6.07, 6.45) is -3.17. The Morgan fingerprint density at radius 1 is 1.21 bits per heavy atom. The summed E-state index contributed by atoms with van der Waals surface area (Å²) in [5.41, 5.74) is 2.80. The second-order valence-corrected chi connectivity index (χ2v) is 6.86. The molecular weight excluding hydrogens is 391 g/mol. The van der Waals surface area contributed by atoms with Crippen molar-refractivity contribution in [2.75, 3.05) is 20.3 Å². The average molecular weight is 408 g/mol. The molecule has 24 heavy (non-hydrogen) atoms. The highest BCUT2D eigenvalue weighted by atomic mass is 79.9. The molecule has 132 valence electrons. The maximum absolute atomic E-state index is 12.6. The average Bonchev–Trinajstić information content (AvgIpc) is 3.17. The Morgan fingerprint density at radius 2 is 1.79 bits per heavy atom. The molecule has 0 aromatic heterocycles. The fourth-order valence-corrected chi connectivity index (χ4v) is 3.93. The summed E-state index contributed by atoms with van der Waals surface area (Å²) < 4.78 is 50.2. The van der Waals surface area contributed by atoms with Crippen molar-refractivity contribution in [2.24, 2.45) is 0 Å². The lowest BCUT2D eigenvalue weighted by molar-refractivity contribution is -0.185. The van der Waals surface area contributed by atoms with Crippen molar-refractivity contribution in [3.05, 3.63) is 21.2 Å². The van der Waals surface area contributed by atoms with E-state index in [4.69, 9.17) is 9.47 Å². The molecule has 2 heterocycles. The van der Waals surface area contributed by atoms with E-state index < -0.39 is 18.1 Å². The van der Waals surface area contributed by atoms with Gasteiger partial charge in [0, 0.05) is 42.6 Å². The van der Waals surface area contributed by atoms with Gasteiger partial charge in [0.2, 0.25) is 0 Å². The zero-order valence-electron chi connectivity index (χ0n) is 13.3. The Bertz CT molecular complexity index is 655. The number of ether oxygens (including phenoxy) is 2. The number of amides is 1. The molecular formula is C16H17BrF3NO3. The van der Waals surface area contributed by atoms with Crippen molar-refractivity contribution in [3.8, 4) is 11.5 Å². The number of likely N-dealkylation sites (N-methyl/N-ethyl adjacent to an activating group) is 1. The molecule has 1 atom stereocenters. The van der Waals surface area contributed by atoms with Crippen LogP contribution in [-0.4, -0.2) is 43.3 Å². The topological polar surface area (TPSA) is 38.8 Å². The van der Waals surface area contributed by atoms with Crippen LogP contribution in [0.2, 0.25) is 0 Å². The maximum Gasteiger partial charge on any atom is 0.471 e. The smallest absolute Gasteiger partial charge is 0.471 e. The van der Waals surface area contributed by atoms with Gasteiger partial charge in [0.05, 0.1) is 17.7 Å². The van der Waals surface area contributed by atoms with E-state index in [9.17, 15) is 18.0 Å². The molecule has 0 aliphatic carbocycles. The molecule has 0 N–H and O–H groups in total. The molecule has 0 spiro atoms. The number of carbonyl (C=O) groups excluding carboxylic acids is 1. The van der Waals surface area contributed by atoms with Crippen LogP contribution in [0, 0.1) is 0 Å². The standard InChI is InChI=1S/C16H17BrF3NO3/c1-8(21(2)15(22)16(18,19)20)7-11-9-3-5-24-14(9)12(17)10-4-6-23-13(10)11/h8H,3-7H2,1-2H3. The summed E-state index contributed by atoms with van der Waals surface area (Å²) in [5.74, 6) is -0.352. The number of rotatable bonds is 3. The van der Waals surface area contributed by atoms with Gasteiger partial charge >= 0.3 is 12.1 Å². The zero-order valence-corrected chi connectivity index (χ0v) is 14.9. The molecule has 8 heteroatoms. The fourth-order valence-electron chi connectivity index (χ4n) is 3.20. The molecule has 0 bridgehead atoms. The molecule has 1 aromatic carbocycles. The van der Waals surface area contributed by atoms with Gasteiger partial charge in [-0.25, -0.2) is 0 Å². The zero-order chi connectivity index (χ0) is 17.6. The molecule has 3 rings (SSSR count). The second kappa shape index (κ2) is 6.13. The third kappa shape index (κ3) is 2.85. The van der Waals surface area contributed by atoms with Gasteiger partial charge in [-0.3, -0.25) is 4.79 Å². The van der Waals surface area contributed by atoms with Gasteiger partial charge in [-0.05, 0) is 29.3 Å². The van der Waals surface area contributed by atoms with Crippen LogP contribution in [0.3, 0.4) is 0 Å². The molecule has 1 unspecified atom stereocenters. The number of nitrogens with zero attached hydrogens (tertiary/aromatic N) is 1. The molecule has 4 nitrogen and oxygen atoms in total. The predicted molar refractivity (Wildman–Crippen MR) is 84.5 cm³/mol. The van der Waals surface area contributed by atoms with Gasteiger partial charge in [-0.2, -0.15) is 13.2 Å². The monoisotopic (exact) mass is 407 g/mol. The quantitative estimate of drug-likeness (QED) is 0.771. The Hall–Kier alpha value is -1.44. The van der Waals surface area contributed by atoms with Crippen LogP contribution in [0.5, 0.6) is 11.5 Å². The Morgan fingerprint density at radius 3 is 2.42 bits per heavy atom. The highest BCUT2D eigenvalue weighted by Gasteiger charge is 2.43. The second-order valence-electron chi connectivity index (χ2n) is 6.07. The lowest BCUT2D eigenvalue weighted by atomic mass is 9.94. The normalized spacial score (nSPS) is 16.9. The van der Waals surface area contributed by atoms with E-state index in [0.717, 1.165) is 44.0 Å². The van der Waals surface area contributed by atoms with Gasteiger partial charge in [-0.1, -0.05) is 0 Å². The summed E-state index contributed by atoms with van der Waals surface area (Å²) >= 11 is 3.54. The Balaban J connectivity index is 1.93. The summed E-state index contributed by atoms with van der Waals surface area (Å²) in [6, 6.07) is -0.613. The molecule has 1 amide bonds. The first-order chi connectivity index (χ1) is 11.2. The van der Waals surface area contributed by atoms with Crippen molar-refractivity contribution in [3.63, 3.8) is 0 Å². The van der Waals surface area contributed by atoms with E-state index in [1.165, 1.54) is 7.05 Å². The maximum atomic E-state index is 12.6. The highest BCUT2D eigenvalue weighted by Crippen LogP contribution is 2.47. The molecule has 2 aliphatic rings. The van der Waals surface area contributed by atoms with E-state index in [-0.39, 0.29) is 0 Å². The van der Waals surface area contributed by atoms with Crippen molar-refractivity contribution >= 4 is 21.8 Å². The summed E-state index contributed by atoms with van der Waals surface area (Å²) in [7, 11) is 1.18. The molecule has 2 aliphatic heterocycles. The van der Waals surface area contributed by atoms with Crippen molar-refractivity contribution in [2.45, 2.75) is 38.4 Å². The van der Waals surface area contributed by atoms with Crippen molar-refractivity contribution in [1.82, 2.24) is 4.90 Å². The lowest BCUT2D eigenvalue weighted by Crippen LogP contribution is -2.44. The summed E-state index contributed by atoms with van der Waals surface area (Å²) in [4.78, 5) is 12.2. The number of fused-ring (bicyclic) bond motifs is 2. The third-order valence-corrected chi connectivity index (χ3v) is 5.41. The molecule has 1 aromatic rings. The van der Waals surface area contributed by atoms with Crippen molar-refractivity contribution < 1.29 is 27.4 Å². The SMILES string of the molecule is CC(Cc1c2c(c(Br)c3c1OCC3)OCC2)N(C)C(=O)C(F)(F)F. The highest BCUT2D eigenvalue weighted by molar-refractivity contribution is 9.10. The van der Waals surface area contributed by atoms with Gasteiger partial charge in [0.25, 0.3) is 0 Å². The van der Waals surface area contributed by atoms with E-state index in [1.807, 2.05) is 0 Å². The molecule has 0 radical (unpaired) electrons. The minimum absolute atomic E-state index is 0.291. The van der Waals surface area contributed by atoms with Crippen LogP contribution in [0.15, 0.2) is 4.47 Å². The van der Waals surface area contributed by atoms with Crippen LogP contribution in [-0.2, 0) is 24.1 Å². The van der Waals surface area contributed by atoms with E-state index in [0.29, 0.717) is 26.1 Å². The first-order valence-electron chi connectivity index (χ1n) is 7.67. The summed E-state index contributed by atoms with van der Waals surface area (Å²) in [6.45, 7) is 2.68. The predicted octanol–water partition coefficient (Wildman–Crippen LogP) is 3.27. The first-order valence-corrected chi connectivity index (χ1v) is 8.46. The molecule has 0 saturated carbocycles. The molecule has 0 saturated heterocycles. The number of benzene rings is 1. The van der Waals surface area contributed by atoms with E-state index in [2.05, 4.69) is 15.9 Å². The minimum atomic E-state index is -4.87. The molecule has 0 fully saturated rings. The van der Waals surface area contributed by atoms with Crippen LogP contribution < -0.4 is 9.47 Å². The Labute approximate surface area is 146 Å². The first kappa shape index (κ1) is 17.4. The number of carbonyl (C=O) groups is 1. The van der Waals surface area contributed by atoms with Crippen molar-refractivity contribution in [1.29, 1.82) is 0 Å². The lowest BCUT2D eigenvalue weighted by Gasteiger charge is -2.27. The number of hydrogen-bond donors (Lipinski definition) is 0. The van der Waals surface area contributed by atoms with Crippen LogP contribution in [0.4, 0.5) is 13.2 Å². The van der Waals surface area contributed by atoms with Gasteiger partial charge in [-0.15, -0.1) is 0 Å². The number of halogens is 4. The van der Waals surface area contributed by atoms with Gasteiger partial charge in [0.15, 0.2) is 0 Å². The Kier molecular flexibility index (Phi) is 4.44. The van der Waals surface area contributed by atoms with Crippen LogP contribution in [0.25, 0.3) is 0 Å². The van der Waals surface area contributed by atoms with Crippen LogP contribution in [0.1, 0.15) is 23.6 Å². The van der Waals surface area contributed by atoms with Crippen LogP contribution >= 0.6 is 15.9 Å². The van der Waals surface area contributed by atoms with Gasteiger partial charge < -0.3 is 14.4 Å². The van der Waals surface area contributed by atoms with E-state index >= 15 is 0 Å². The minimum Gasteiger partial charge on any atom is -0.493 e. The van der Waals surface area contributed by atoms with E-state index in [1.54, 1.807) is 6.92 Å². The van der Waals surface area contributed by atoms with Gasteiger partial charge in [0.1, 0.15) is 11.5 Å².